The van der Waals surface area contributed by atoms with E-state index in [1.54, 1.807) is 0 Å². The molecule has 0 amide bonds. The molecule has 5 heteroatoms. The van der Waals surface area contributed by atoms with Gasteiger partial charge in [-0.2, -0.15) is 0 Å². The van der Waals surface area contributed by atoms with Crippen LogP contribution in [0.15, 0.2) is 12.1 Å². The van der Waals surface area contributed by atoms with Crippen molar-refractivity contribution in [3.8, 4) is 5.75 Å². The Balaban J connectivity index is 2.14. The number of hydrogen-bond donors (Lipinski definition) is 2. The van der Waals surface area contributed by atoms with Gasteiger partial charge in [-0.25, -0.2) is 0 Å². The number of nitrogens with one attached hydrogen (secondary N) is 1. The largest absolute Gasteiger partial charge is 0.507 e. The summed E-state index contributed by atoms with van der Waals surface area (Å²) in [4.78, 5) is 2.22. The van der Waals surface area contributed by atoms with Gasteiger partial charge in [-0.3, -0.25) is 4.90 Å². The summed E-state index contributed by atoms with van der Waals surface area (Å²) in [5.74, 6) is 0.402. The Morgan fingerprint density at radius 2 is 2.04 bits per heavy atom. The molecule has 0 saturated carbocycles. The monoisotopic (exact) mass is 336 g/mol. The van der Waals surface area contributed by atoms with E-state index in [0.717, 1.165) is 44.0 Å². The predicted molar refractivity (Wildman–Crippen MR) is 96.2 cm³/mol. The highest BCUT2D eigenvalue weighted by atomic mass is 16.5. The molecule has 0 atom stereocenters. The SMILES string of the molecule is CCOCCNCc1cc(C(C)(C)C)cc(CN2CCOC2)c1O. The summed E-state index contributed by atoms with van der Waals surface area (Å²) in [6.07, 6.45) is 0. The van der Waals surface area contributed by atoms with Crippen LogP contribution in [0.25, 0.3) is 0 Å². The summed E-state index contributed by atoms with van der Waals surface area (Å²) in [6.45, 7) is 14.5. The van der Waals surface area contributed by atoms with Crippen molar-refractivity contribution in [2.45, 2.75) is 46.2 Å². The summed E-state index contributed by atoms with van der Waals surface area (Å²) in [7, 11) is 0. The highest BCUT2D eigenvalue weighted by Gasteiger charge is 2.21. The summed E-state index contributed by atoms with van der Waals surface area (Å²) >= 11 is 0. The van der Waals surface area contributed by atoms with E-state index in [1.807, 2.05) is 6.92 Å². The highest BCUT2D eigenvalue weighted by Crippen LogP contribution is 2.32. The van der Waals surface area contributed by atoms with Crippen LogP contribution in [-0.2, 0) is 28.0 Å². The zero-order valence-electron chi connectivity index (χ0n) is 15.5. The molecular formula is C19H32N2O3. The van der Waals surface area contributed by atoms with Crippen molar-refractivity contribution in [2.75, 3.05) is 39.6 Å². The highest BCUT2D eigenvalue weighted by molar-refractivity contribution is 5.45. The average Bonchev–Trinajstić information content (AvgIpc) is 3.02. The Morgan fingerprint density at radius 1 is 1.29 bits per heavy atom. The molecule has 0 aliphatic carbocycles. The maximum Gasteiger partial charge on any atom is 0.124 e. The molecule has 0 unspecified atom stereocenters. The summed E-state index contributed by atoms with van der Waals surface area (Å²) in [5.41, 5.74) is 3.23. The van der Waals surface area contributed by atoms with E-state index in [1.165, 1.54) is 5.56 Å². The number of ether oxygens (including phenoxy) is 2. The molecule has 1 fully saturated rings. The van der Waals surface area contributed by atoms with Crippen LogP contribution in [0.1, 0.15) is 44.4 Å². The van der Waals surface area contributed by atoms with Gasteiger partial charge < -0.3 is 19.9 Å². The second kappa shape index (κ2) is 8.81. The van der Waals surface area contributed by atoms with Gasteiger partial charge in [0.25, 0.3) is 0 Å². The number of phenols is 1. The van der Waals surface area contributed by atoms with Crippen molar-refractivity contribution < 1.29 is 14.6 Å². The standard InChI is InChI=1S/C19H32N2O3/c1-5-23-8-6-20-12-15-10-17(19(2,3)4)11-16(18(15)22)13-21-7-9-24-14-21/h10-11,20,22H,5-9,12-14H2,1-4H3. The Hall–Kier alpha value is -1.14. The van der Waals surface area contributed by atoms with E-state index in [0.29, 0.717) is 25.6 Å². The molecule has 2 N–H and O–H groups in total. The number of nitrogens with zero attached hydrogens (tertiary/aromatic N) is 1. The molecule has 0 spiro atoms. The molecule has 1 saturated heterocycles. The third kappa shape index (κ3) is 5.45. The van der Waals surface area contributed by atoms with Crippen molar-refractivity contribution in [3.05, 3.63) is 28.8 Å². The van der Waals surface area contributed by atoms with Crippen molar-refractivity contribution in [1.82, 2.24) is 10.2 Å². The third-order valence-corrected chi connectivity index (χ3v) is 4.30. The molecule has 136 valence electrons. The Morgan fingerprint density at radius 3 is 2.67 bits per heavy atom. The van der Waals surface area contributed by atoms with Gasteiger partial charge >= 0.3 is 0 Å². The molecule has 0 aromatic heterocycles. The zero-order valence-corrected chi connectivity index (χ0v) is 15.5. The maximum atomic E-state index is 10.7. The molecular weight excluding hydrogens is 304 g/mol. The molecule has 1 aliphatic heterocycles. The van der Waals surface area contributed by atoms with Crippen molar-refractivity contribution in [2.24, 2.45) is 0 Å². The van der Waals surface area contributed by atoms with Crippen LogP contribution in [0.5, 0.6) is 5.75 Å². The van der Waals surface area contributed by atoms with Crippen LogP contribution in [0.4, 0.5) is 0 Å². The maximum absolute atomic E-state index is 10.7. The predicted octanol–water partition coefficient (Wildman–Crippen LogP) is 2.61. The molecule has 1 aromatic carbocycles. The Bertz CT molecular complexity index is 520. The normalized spacial score (nSPS) is 16.0. The van der Waals surface area contributed by atoms with Crippen molar-refractivity contribution in [3.63, 3.8) is 0 Å². The van der Waals surface area contributed by atoms with Gasteiger partial charge in [0.15, 0.2) is 0 Å². The molecule has 24 heavy (non-hydrogen) atoms. The second-order valence-electron chi connectivity index (χ2n) is 7.36. The lowest BCUT2D eigenvalue weighted by molar-refractivity contribution is 0.136. The quantitative estimate of drug-likeness (QED) is 0.715. The van der Waals surface area contributed by atoms with Gasteiger partial charge in [0.2, 0.25) is 0 Å². The van der Waals surface area contributed by atoms with E-state index >= 15 is 0 Å². The first-order valence-corrected chi connectivity index (χ1v) is 8.85. The first kappa shape index (κ1) is 19.2. The van der Waals surface area contributed by atoms with E-state index < -0.39 is 0 Å². The van der Waals surface area contributed by atoms with Gasteiger partial charge in [-0.05, 0) is 17.9 Å². The Kier molecular flexibility index (Phi) is 7.04. The minimum Gasteiger partial charge on any atom is -0.507 e. The topological polar surface area (TPSA) is 54.0 Å². The van der Waals surface area contributed by atoms with E-state index in [4.69, 9.17) is 9.47 Å². The van der Waals surface area contributed by atoms with Crippen LogP contribution in [0.2, 0.25) is 0 Å². The lowest BCUT2D eigenvalue weighted by Crippen LogP contribution is -2.22. The number of rotatable bonds is 8. The van der Waals surface area contributed by atoms with Crippen LogP contribution < -0.4 is 5.32 Å². The van der Waals surface area contributed by atoms with Gasteiger partial charge in [0.05, 0.1) is 19.9 Å². The molecule has 1 heterocycles. The zero-order chi connectivity index (χ0) is 17.6. The van der Waals surface area contributed by atoms with Crippen molar-refractivity contribution in [1.29, 1.82) is 0 Å². The minimum atomic E-state index is 0.0457. The number of hydrogen-bond acceptors (Lipinski definition) is 5. The third-order valence-electron chi connectivity index (χ3n) is 4.30. The number of benzene rings is 1. The van der Waals surface area contributed by atoms with E-state index in [2.05, 4.69) is 43.1 Å². The smallest absolute Gasteiger partial charge is 0.124 e. The fraction of sp³-hybridized carbons (Fsp3) is 0.684. The lowest BCUT2D eigenvalue weighted by atomic mass is 9.84. The fourth-order valence-corrected chi connectivity index (χ4v) is 2.78. The summed E-state index contributed by atoms with van der Waals surface area (Å²) in [6, 6.07) is 4.25. The summed E-state index contributed by atoms with van der Waals surface area (Å²) < 4.78 is 10.8. The van der Waals surface area contributed by atoms with Crippen LogP contribution in [-0.4, -0.2) is 49.6 Å². The number of phenolic OH excluding ortho intramolecular Hbond substituents is 1. The molecule has 0 radical (unpaired) electrons. The van der Waals surface area contributed by atoms with Crippen LogP contribution in [0, 0.1) is 0 Å². The Labute approximate surface area is 146 Å². The molecule has 0 bridgehead atoms. The molecule has 5 nitrogen and oxygen atoms in total. The van der Waals surface area contributed by atoms with Gasteiger partial charge in [0.1, 0.15) is 5.75 Å². The lowest BCUT2D eigenvalue weighted by Gasteiger charge is -2.24. The van der Waals surface area contributed by atoms with E-state index in [-0.39, 0.29) is 5.41 Å². The summed E-state index contributed by atoms with van der Waals surface area (Å²) in [5, 5.41) is 14.1. The van der Waals surface area contributed by atoms with Gasteiger partial charge in [-0.15, -0.1) is 0 Å². The second-order valence-corrected chi connectivity index (χ2v) is 7.36. The first-order chi connectivity index (χ1) is 11.4. The van der Waals surface area contributed by atoms with Gasteiger partial charge in [-0.1, -0.05) is 32.9 Å². The van der Waals surface area contributed by atoms with Crippen LogP contribution in [0.3, 0.4) is 0 Å². The molecule has 1 aromatic rings. The fourth-order valence-electron chi connectivity index (χ4n) is 2.78. The van der Waals surface area contributed by atoms with Crippen LogP contribution >= 0.6 is 0 Å². The molecule has 2 rings (SSSR count). The first-order valence-electron chi connectivity index (χ1n) is 8.85. The average molecular weight is 336 g/mol. The van der Waals surface area contributed by atoms with Gasteiger partial charge in [0, 0.05) is 43.9 Å². The minimum absolute atomic E-state index is 0.0457. The molecule has 1 aliphatic rings. The van der Waals surface area contributed by atoms with E-state index in [9.17, 15) is 5.11 Å². The van der Waals surface area contributed by atoms with Crippen molar-refractivity contribution >= 4 is 0 Å². The number of aromatic hydroxyl groups is 1.